The summed E-state index contributed by atoms with van der Waals surface area (Å²) in [5.74, 6) is 0. The van der Waals surface area contributed by atoms with Gasteiger partial charge in [-0.25, -0.2) is 4.79 Å². The number of carbonyl (C=O) groups excluding carboxylic acids is 1. The summed E-state index contributed by atoms with van der Waals surface area (Å²) in [5, 5.41) is 19.9. The van der Waals surface area contributed by atoms with Gasteiger partial charge in [-0.3, -0.25) is 0 Å². The Labute approximate surface area is 131 Å². The number of aliphatic hydroxyl groups excluding tert-OH is 2. The Hall–Kier alpha value is -1.59. The van der Waals surface area contributed by atoms with E-state index in [-0.39, 0.29) is 19.3 Å². The van der Waals surface area contributed by atoms with Gasteiger partial charge in [0.1, 0.15) is 6.61 Å². The lowest BCUT2D eigenvalue weighted by Gasteiger charge is -2.27. The molecule has 1 fully saturated rings. The van der Waals surface area contributed by atoms with E-state index in [1.54, 1.807) is 0 Å². The Bertz CT molecular complexity index is 451. The Morgan fingerprint density at radius 1 is 1.09 bits per heavy atom. The molecule has 1 heterocycles. The Kier molecular flexibility index (Phi) is 6.68. The molecule has 1 saturated heterocycles. The van der Waals surface area contributed by atoms with Gasteiger partial charge in [0.15, 0.2) is 0 Å². The highest BCUT2D eigenvalue weighted by Crippen LogP contribution is 2.14. The summed E-state index contributed by atoms with van der Waals surface area (Å²) in [7, 11) is 0. The molecule has 0 saturated carbocycles. The molecular weight excluding hydrogens is 282 g/mol. The average Bonchev–Trinajstić information content (AvgIpc) is 2.54. The molecule has 0 radical (unpaired) electrons. The molecule has 1 aliphatic heterocycles. The van der Waals surface area contributed by atoms with E-state index in [1.807, 2.05) is 30.3 Å². The summed E-state index contributed by atoms with van der Waals surface area (Å²) in [6.07, 6.45) is 2.32. The van der Waals surface area contributed by atoms with Crippen molar-refractivity contribution in [2.24, 2.45) is 0 Å². The average molecular weight is 307 g/mol. The van der Waals surface area contributed by atoms with Crippen molar-refractivity contribution in [3.8, 4) is 0 Å². The van der Waals surface area contributed by atoms with E-state index >= 15 is 0 Å². The van der Waals surface area contributed by atoms with Crippen LogP contribution in [0, 0.1) is 0 Å². The van der Waals surface area contributed by atoms with Gasteiger partial charge in [-0.1, -0.05) is 43.2 Å². The molecule has 0 aliphatic carbocycles. The lowest BCUT2D eigenvalue weighted by molar-refractivity contribution is 0.0513. The number of hydrogen-bond acceptors (Lipinski definition) is 4. The molecule has 0 bridgehead atoms. The van der Waals surface area contributed by atoms with Crippen molar-refractivity contribution in [3.05, 3.63) is 35.9 Å². The maximum absolute atomic E-state index is 12.2. The van der Waals surface area contributed by atoms with Gasteiger partial charge >= 0.3 is 6.09 Å². The number of amides is 1. The highest BCUT2D eigenvalue weighted by Gasteiger charge is 2.21. The van der Waals surface area contributed by atoms with Crippen LogP contribution in [-0.2, 0) is 11.3 Å². The minimum absolute atomic E-state index is 0.217. The van der Waals surface area contributed by atoms with Gasteiger partial charge in [0.05, 0.1) is 12.2 Å². The fourth-order valence-corrected chi connectivity index (χ4v) is 2.62. The van der Waals surface area contributed by atoms with Gasteiger partial charge in [-0.15, -0.1) is 0 Å². The molecular formula is C17H25NO4. The molecule has 0 aromatic heterocycles. The normalized spacial score (nSPS) is 23.8. The molecule has 22 heavy (non-hydrogen) atoms. The Morgan fingerprint density at radius 3 is 2.50 bits per heavy atom. The van der Waals surface area contributed by atoms with Crippen molar-refractivity contribution in [3.63, 3.8) is 0 Å². The quantitative estimate of drug-likeness (QED) is 0.879. The Morgan fingerprint density at radius 2 is 1.77 bits per heavy atom. The first-order chi connectivity index (χ1) is 10.6. The summed E-state index contributed by atoms with van der Waals surface area (Å²) in [6, 6.07) is 9.50. The van der Waals surface area contributed by atoms with Gasteiger partial charge in [0.25, 0.3) is 0 Å². The number of benzene rings is 1. The van der Waals surface area contributed by atoms with Crippen molar-refractivity contribution in [1.82, 2.24) is 4.90 Å². The molecule has 2 atom stereocenters. The number of aliphatic hydroxyl groups is 2. The zero-order valence-electron chi connectivity index (χ0n) is 12.9. The summed E-state index contributed by atoms with van der Waals surface area (Å²) in [6.45, 7) is 0.890. The van der Waals surface area contributed by atoms with Crippen LogP contribution >= 0.6 is 0 Å². The molecule has 2 N–H and O–H groups in total. The van der Waals surface area contributed by atoms with Crippen molar-refractivity contribution in [1.29, 1.82) is 0 Å². The van der Waals surface area contributed by atoms with Gasteiger partial charge in [-0.2, -0.15) is 0 Å². The van der Waals surface area contributed by atoms with E-state index < -0.39 is 12.2 Å². The van der Waals surface area contributed by atoms with Crippen LogP contribution in [-0.4, -0.2) is 46.5 Å². The highest BCUT2D eigenvalue weighted by molar-refractivity contribution is 5.67. The molecule has 2 rings (SSSR count). The van der Waals surface area contributed by atoms with E-state index in [0.717, 1.165) is 24.8 Å². The zero-order chi connectivity index (χ0) is 15.8. The zero-order valence-corrected chi connectivity index (χ0v) is 12.9. The number of hydrogen-bond donors (Lipinski definition) is 2. The monoisotopic (exact) mass is 307 g/mol. The maximum atomic E-state index is 12.2. The third-order valence-corrected chi connectivity index (χ3v) is 3.95. The number of β-amino-alcohol motifs (C(OH)–C–C–N with tert-alkyl or cyclic N) is 1. The molecule has 5 nitrogen and oxygen atoms in total. The summed E-state index contributed by atoms with van der Waals surface area (Å²) in [5.41, 5.74) is 0.928. The van der Waals surface area contributed by atoms with Crippen molar-refractivity contribution < 1.29 is 19.7 Å². The van der Waals surface area contributed by atoms with Crippen molar-refractivity contribution in [2.75, 3.05) is 13.1 Å². The predicted octanol–water partition coefficient (Wildman–Crippen LogP) is 2.31. The second-order valence-corrected chi connectivity index (χ2v) is 5.87. The fourth-order valence-electron chi connectivity index (χ4n) is 2.62. The predicted molar refractivity (Wildman–Crippen MR) is 83.3 cm³/mol. The topological polar surface area (TPSA) is 70.0 Å². The van der Waals surface area contributed by atoms with E-state index in [9.17, 15) is 15.0 Å². The van der Waals surface area contributed by atoms with Crippen LogP contribution in [0.4, 0.5) is 4.79 Å². The smallest absolute Gasteiger partial charge is 0.410 e. The maximum Gasteiger partial charge on any atom is 0.410 e. The van der Waals surface area contributed by atoms with Crippen LogP contribution in [0.5, 0.6) is 0 Å². The number of rotatable bonds is 2. The molecule has 1 aromatic carbocycles. The van der Waals surface area contributed by atoms with E-state index in [1.165, 1.54) is 4.90 Å². The van der Waals surface area contributed by atoms with Gasteiger partial charge in [0, 0.05) is 13.1 Å². The Balaban J connectivity index is 1.89. The minimum Gasteiger partial charge on any atom is -0.445 e. The van der Waals surface area contributed by atoms with Crippen LogP contribution in [0.15, 0.2) is 30.3 Å². The second kappa shape index (κ2) is 8.76. The fraction of sp³-hybridized carbons (Fsp3) is 0.588. The van der Waals surface area contributed by atoms with E-state index in [4.69, 9.17) is 4.74 Å². The summed E-state index contributed by atoms with van der Waals surface area (Å²) in [4.78, 5) is 13.7. The van der Waals surface area contributed by atoms with Crippen molar-refractivity contribution >= 4 is 6.09 Å². The van der Waals surface area contributed by atoms with Crippen LogP contribution in [0.1, 0.15) is 37.7 Å². The summed E-state index contributed by atoms with van der Waals surface area (Å²) >= 11 is 0. The lowest BCUT2D eigenvalue weighted by atomic mass is 10.0. The first kappa shape index (κ1) is 16.8. The van der Waals surface area contributed by atoms with E-state index in [2.05, 4.69) is 0 Å². The number of nitrogens with zero attached hydrogens (tertiary/aromatic N) is 1. The van der Waals surface area contributed by atoms with Crippen LogP contribution < -0.4 is 0 Å². The summed E-state index contributed by atoms with van der Waals surface area (Å²) < 4.78 is 5.31. The van der Waals surface area contributed by atoms with Gasteiger partial charge in [-0.05, 0) is 24.8 Å². The highest BCUT2D eigenvalue weighted by atomic mass is 16.6. The molecule has 122 valence electrons. The minimum atomic E-state index is -0.528. The molecule has 2 unspecified atom stereocenters. The van der Waals surface area contributed by atoms with Gasteiger partial charge in [0.2, 0.25) is 0 Å². The molecule has 0 spiro atoms. The van der Waals surface area contributed by atoms with E-state index in [0.29, 0.717) is 19.4 Å². The first-order valence-electron chi connectivity index (χ1n) is 7.97. The third kappa shape index (κ3) is 5.66. The number of ether oxygens (including phenoxy) is 1. The molecule has 1 amide bonds. The van der Waals surface area contributed by atoms with Crippen LogP contribution in [0.25, 0.3) is 0 Å². The SMILES string of the molecule is O=C(OCc1ccccc1)N1CCC(O)CCCCC(O)C1. The largest absolute Gasteiger partial charge is 0.445 e. The lowest BCUT2D eigenvalue weighted by Crippen LogP contribution is -2.40. The number of carbonyl (C=O) groups is 1. The van der Waals surface area contributed by atoms with Crippen molar-refractivity contribution in [2.45, 2.75) is 50.9 Å². The third-order valence-electron chi connectivity index (χ3n) is 3.95. The molecule has 5 heteroatoms. The van der Waals surface area contributed by atoms with Gasteiger partial charge < -0.3 is 19.8 Å². The first-order valence-corrected chi connectivity index (χ1v) is 7.97. The van der Waals surface area contributed by atoms with Crippen LogP contribution in [0.2, 0.25) is 0 Å². The standard InChI is InChI=1S/C17H25NO4/c19-15-8-4-5-9-16(20)12-18(11-10-15)17(21)22-13-14-6-2-1-3-7-14/h1-3,6-7,15-16,19-20H,4-5,8-13H2. The van der Waals surface area contributed by atoms with Crippen LogP contribution in [0.3, 0.4) is 0 Å². The molecule has 1 aliphatic rings. The molecule has 1 aromatic rings. The second-order valence-electron chi connectivity index (χ2n) is 5.87.